The van der Waals surface area contributed by atoms with Gasteiger partial charge in [-0.05, 0) is 54.6 Å². The van der Waals surface area contributed by atoms with Crippen molar-refractivity contribution < 1.29 is 9.21 Å². The summed E-state index contributed by atoms with van der Waals surface area (Å²) >= 11 is 0. The second-order valence-corrected chi connectivity index (χ2v) is 6.84. The first kappa shape index (κ1) is 18.4. The van der Waals surface area contributed by atoms with Crippen molar-refractivity contribution in [2.45, 2.75) is 0 Å². The third-order valence-electron chi connectivity index (χ3n) is 4.67. The summed E-state index contributed by atoms with van der Waals surface area (Å²) in [7, 11) is 3.93. The molecular formula is C21H22N6O2. The molecular weight excluding hydrogens is 368 g/mol. The molecule has 0 aliphatic carbocycles. The van der Waals surface area contributed by atoms with Crippen LogP contribution in [0.1, 0.15) is 5.56 Å². The van der Waals surface area contributed by atoms with E-state index in [0.29, 0.717) is 29.8 Å². The summed E-state index contributed by atoms with van der Waals surface area (Å²) in [5.41, 5.74) is 4.01. The Morgan fingerprint density at radius 2 is 1.66 bits per heavy atom. The molecule has 2 heterocycles. The van der Waals surface area contributed by atoms with Crippen LogP contribution in [-0.4, -0.2) is 32.6 Å². The number of fused-ring (bicyclic) bond motifs is 1. The highest BCUT2D eigenvalue weighted by Gasteiger charge is 2.24. The van der Waals surface area contributed by atoms with Crippen molar-refractivity contribution in [1.29, 1.82) is 5.41 Å². The van der Waals surface area contributed by atoms with Crippen molar-refractivity contribution in [1.82, 2.24) is 0 Å². The Morgan fingerprint density at radius 3 is 2.28 bits per heavy atom. The van der Waals surface area contributed by atoms with Gasteiger partial charge in [0, 0.05) is 36.8 Å². The van der Waals surface area contributed by atoms with Crippen LogP contribution in [0.25, 0.3) is 0 Å². The first-order valence-electron chi connectivity index (χ1n) is 9.14. The molecule has 29 heavy (non-hydrogen) atoms. The first-order valence-corrected chi connectivity index (χ1v) is 9.14. The lowest BCUT2D eigenvalue weighted by Gasteiger charge is -2.29. The minimum Gasteiger partial charge on any atom is -0.448 e. The smallest absolute Gasteiger partial charge is 0.323 e. The van der Waals surface area contributed by atoms with E-state index in [4.69, 9.17) is 9.83 Å². The zero-order chi connectivity index (χ0) is 20.4. The molecule has 0 radical (unpaired) electrons. The average molecular weight is 390 g/mol. The van der Waals surface area contributed by atoms with Crippen LogP contribution in [0.15, 0.2) is 65.3 Å². The van der Waals surface area contributed by atoms with Crippen LogP contribution >= 0.6 is 0 Å². The molecule has 8 nitrogen and oxygen atoms in total. The molecule has 4 rings (SSSR count). The summed E-state index contributed by atoms with van der Waals surface area (Å²) in [5.74, 6) is 0.979. The molecule has 148 valence electrons. The molecule has 0 saturated heterocycles. The maximum absolute atomic E-state index is 12.2. The van der Waals surface area contributed by atoms with Crippen molar-refractivity contribution in [2.24, 2.45) is 0 Å². The summed E-state index contributed by atoms with van der Waals surface area (Å²) in [5, 5.41) is 17.1. The second kappa shape index (κ2) is 7.59. The lowest BCUT2D eigenvalue weighted by molar-refractivity contribution is 0.262. The minimum absolute atomic E-state index is 0.314. The normalized spacial score (nSPS) is 12.8. The van der Waals surface area contributed by atoms with Gasteiger partial charge in [-0.25, -0.2) is 4.79 Å². The zero-order valence-corrected chi connectivity index (χ0v) is 16.2. The number of nitrogens with zero attached hydrogens (tertiary/aromatic N) is 2. The molecule has 0 bridgehead atoms. The molecule has 2 amide bonds. The number of carbonyl (C=O) groups excluding carboxylic acids is 1. The Labute approximate surface area is 168 Å². The van der Waals surface area contributed by atoms with Gasteiger partial charge in [0.1, 0.15) is 5.84 Å². The number of nitrogens with one attached hydrogen (secondary N) is 4. The lowest BCUT2D eigenvalue weighted by atomic mass is 10.2. The summed E-state index contributed by atoms with van der Waals surface area (Å²) in [6.45, 7) is 0.440. The minimum atomic E-state index is -0.314. The summed E-state index contributed by atoms with van der Waals surface area (Å²) < 4.78 is 5.30. The predicted octanol–water partition coefficient (Wildman–Crippen LogP) is 4.20. The number of urea groups is 1. The van der Waals surface area contributed by atoms with Gasteiger partial charge in [-0.1, -0.05) is 0 Å². The van der Waals surface area contributed by atoms with E-state index in [9.17, 15) is 4.79 Å². The van der Waals surface area contributed by atoms with E-state index in [1.807, 2.05) is 72.4 Å². The predicted molar refractivity (Wildman–Crippen MR) is 116 cm³/mol. The van der Waals surface area contributed by atoms with E-state index in [2.05, 4.69) is 16.0 Å². The Bertz CT molecular complexity index is 1020. The number of amides is 2. The number of rotatable bonds is 4. The van der Waals surface area contributed by atoms with Crippen LogP contribution in [0.4, 0.5) is 33.4 Å². The highest BCUT2D eigenvalue weighted by atomic mass is 16.3. The zero-order valence-electron chi connectivity index (χ0n) is 16.2. The maximum Gasteiger partial charge on any atom is 0.323 e. The Balaban J connectivity index is 1.38. The molecule has 3 aromatic rings. The molecule has 1 aliphatic heterocycles. The average Bonchev–Trinajstić information content (AvgIpc) is 3.19. The molecule has 0 saturated carbocycles. The van der Waals surface area contributed by atoms with E-state index < -0.39 is 0 Å². The third-order valence-corrected chi connectivity index (χ3v) is 4.67. The van der Waals surface area contributed by atoms with Gasteiger partial charge >= 0.3 is 6.03 Å². The quantitative estimate of drug-likeness (QED) is 0.535. The standard InChI is InChI=1S/C21H22N6O2/c1-26(2)16-7-3-14(4-8-16)24-21(28)25-15-5-9-17(10-6-15)27-13-23-20-18(19(27)22)11-12-29-20/h3-12,22-23H,13H2,1-2H3,(H2,24,25,28). The molecule has 1 aromatic heterocycles. The van der Waals surface area contributed by atoms with Gasteiger partial charge in [-0.15, -0.1) is 0 Å². The van der Waals surface area contributed by atoms with Crippen LogP contribution < -0.4 is 25.8 Å². The molecule has 4 N–H and O–H groups in total. The Kier molecular flexibility index (Phi) is 4.82. The van der Waals surface area contributed by atoms with Crippen molar-refractivity contribution in [3.63, 3.8) is 0 Å². The van der Waals surface area contributed by atoms with Crippen LogP contribution in [0.2, 0.25) is 0 Å². The van der Waals surface area contributed by atoms with E-state index in [-0.39, 0.29) is 6.03 Å². The van der Waals surface area contributed by atoms with Gasteiger partial charge in [0.2, 0.25) is 5.88 Å². The first-order chi connectivity index (χ1) is 14.0. The fourth-order valence-electron chi connectivity index (χ4n) is 3.09. The second-order valence-electron chi connectivity index (χ2n) is 6.84. The number of hydrogen-bond donors (Lipinski definition) is 4. The van der Waals surface area contributed by atoms with Gasteiger partial charge in [-0.2, -0.15) is 0 Å². The van der Waals surface area contributed by atoms with Crippen molar-refractivity contribution in [3.8, 4) is 0 Å². The van der Waals surface area contributed by atoms with Gasteiger partial charge < -0.3 is 30.2 Å². The van der Waals surface area contributed by atoms with E-state index in [1.165, 1.54) is 0 Å². The van der Waals surface area contributed by atoms with Gasteiger partial charge in [0.05, 0.1) is 18.5 Å². The molecule has 0 atom stereocenters. The fraction of sp³-hybridized carbons (Fsp3) is 0.143. The molecule has 0 unspecified atom stereocenters. The SMILES string of the molecule is CN(C)c1ccc(NC(=O)Nc2ccc(N3CNc4occc4C3=N)cc2)cc1. The van der Waals surface area contributed by atoms with Gasteiger partial charge in [0.25, 0.3) is 0 Å². The number of hydrogen-bond acceptors (Lipinski definition) is 5. The van der Waals surface area contributed by atoms with Crippen LogP contribution in [0, 0.1) is 5.41 Å². The topological polar surface area (TPSA) is 96.6 Å². The van der Waals surface area contributed by atoms with E-state index in [0.717, 1.165) is 16.9 Å². The van der Waals surface area contributed by atoms with Gasteiger partial charge in [-0.3, -0.25) is 5.41 Å². The van der Waals surface area contributed by atoms with Crippen molar-refractivity contribution >= 4 is 40.5 Å². The van der Waals surface area contributed by atoms with E-state index >= 15 is 0 Å². The van der Waals surface area contributed by atoms with Crippen LogP contribution in [0.3, 0.4) is 0 Å². The lowest BCUT2D eigenvalue weighted by Crippen LogP contribution is -2.39. The summed E-state index contributed by atoms with van der Waals surface area (Å²) in [4.78, 5) is 16.1. The molecule has 2 aromatic carbocycles. The Morgan fingerprint density at radius 1 is 1.03 bits per heavy atom. The maximum atomic E-state index is 12.2. The third kappa shape index (κ3) is 3.86. The highest BCUT2D eigenvalue weighted by molar-refractivity contribution is 6.12. The number of anilines is 5. The Hall–Kier alpha value is -3.94. The summed E-state index contributed by atoms with van der Waals surface area (Å²) in [6.07, 6.45) is 1.56. The van der Waals surface area contributed by atoms with Crippen molar-refractivity contribution in [2.75, 3.05) is 46.5 Å². The van der Waals surface area contributed by atoms with E-state index in [1.54, 1.807) is 12.3 Å². The number of amidine groups is 1. The monoisotopic (exact) mass is 390 g/mol. The molecule has 8 heteroatoms. The molecule has 0 spiro atoms. The number of benzene rings is 2. The van der Waals surface area contributed by atoms with Crippen LogP contribution in [0.5, 0.6) is 0 Å². The molecule has 1 aliphatic rings. The largest absolute Gasteiger partial charge is 0.448 e. The molecule has 0 fully saturated rings. The number of furan rings is 1. The van der Waals surface area contributed by atoms with Crippen LogP contribution in [-0.2, 0) is 0 Å². The summed E-state index contributed by atoms with van der Waals surface area (Å²) in [6, 6.07) is 16.4. The van der Waals surface area contributed by atoms with Gasteiger partial charge in [0.15, 0.2) is 0 Å². The number of carbonyl (C=O) groups is 1. The highest BCUT2D eigenvalue weighted by Crippen LogP contribution is 2.27. The van der Waals surface area contributed by atoms with Crippen molar-refractivity contribution in [3.05, 3.63) is 66.4 Å². The fourth-order valence-corrected chi connectivity index (χ4v) is 3.09.